The van der Waals surface area contributed by atoms with Gasteiger partial charge >= 0.3 is 12.1 Å². The number of ether oxygens (including phenoxy) is 1. The van der Waals surface area contributed by atoms with Gasteiger partial charge in [0.1, 0.15) is 0 Å². The molecule has 132 valence electrons. The number of hydrogen-bond acceptors (Lipinski definition) is 6. The molecule has 0 spiro atoms. The molecule has 1 aliphatic rings. The minimum atomic E-state index is -1.18. The lowest BCUT2D eigenvalue weighted by atomic mass is 9.98. The quantitative estimate of drug-likeness (QED) is 0.628. The Kier molecular flexibility index (Phi) is 5.32. The molecular formula is C17H18N2O5S. The van der Waals surface area contributed by atoms with Gasteiger partial charge in [-0.05, 0) is 22.6 Å². The van der Waals surface area contributed by atoms with Gasteiger partial charge in [0.2, 0.25) is 0 Å². The second-order valence-electron chi connectivity index (χ2n) is 5.55. The molecule has 2 heterocycles. The van der Waals surface area contributed by atoms with E-state index >= 15 is 0 Å². The first-order chi connectivity index (χ1) is 12.1. The van der Waals surface area contributed by atoms with E-state index in [4.69, 9.17) is 9.57 Å². The van der Waals surface area contributed by atoms with Crippen LogP contribution in [0, 0.1) is 0 Å². The highest BCUT2D eigenvalue weighted by Crippen LogP contribution is 2.39. The first-order valence-electron chi connectivity index (χ1n) is 7.67. The lowest BCUT2D eigenvalue weighted by Crippen LogP contribution is -2.47. The average Bonchev–Trinajstić information content (AvgIpc) is 3.11. The molecule has 25 heavy (non-hydrogen) atoms. The minimum Gasteiger partial charge on any atom is -0.467 e. The van der Waals surface area contributed by atoms with Crippen molar-refractivity contribution in [2.75, 3.05) is 13.7 Å². The summed E-state index contributed by atoms with van der Waals surface area (Å²) < 4.78 is 4.78. The average molecular weight is 362 g/mol. The van der Waals surface area contributed by atoms with Crippen LogP contribution in [0.25, 0.3) is 0 Å². The Morgan fingerprint density at radius 3 is 2.76 bits per heavy atom. The third-order valence-corrected chi connectivity index (χ3v) is 5.00. The normalized spacial score (nSPS) is 19.3. The van der Waals surface area contributed by atoms with Gasteiger partial charge in [0, 0.05) is 11.4 Å². The van der Waals surface area contributed by atoms with Crippen LogP contribution in [0.2, 0.25) is 0 Å². The second kappa shape index (κ2) is 7.64. The maximum atomic E-state index is 12.1. The molecule has 1 aliphatic heterocycles. The lowest BCUT2D eigenvalue weighted by Gasteiger charge is -2.36. The standard InChI is InChI=1S/C17H18N2O5S/c1-23-16(20)14-15-12(7-8-25-15)13(9-19(14)17(21)22)18-24-10-11-5-3-2-4-6-11/h2-8,13-14,18H,9-10H2,1H3,(H,21,22). The molecular weight excluding hydrogens is 344 g/mol. The van der Waals surface area contributed by atoms with E-state index in [-0.39, 0.29) is 12.6 Å². The van der Waals surface area contributed by atoms with Crippen LogP contribution in [0.1, 0.15) is 28.1 Å². The summed E-state index contributed by atoms with van der Waals surface area (Å²) >= 11 is 1.33. The van der Waals surface area contributed by atoms with E-state index in [1.54, 1.807) is 0 Å². The fourth-order valence-electron chi connectivity index (χ4n) is 2.82. The number of carbonyl (C=O) groups is 2. The highest BCUT2D eigenvalue weighted by Gasteiger charge is 2.41. The summed E-state index contributed by atoms with van der Waals surface area (Å²) in [7, 11) is 1.25. The van der Waals surface area contributed by atoms with Gasteiger partial charge in [-0.3, -0.25) is 9.74 Å². The maximum Gasteiger partial charge on any atom is 0.408 e. The number of nitrogens with zero attached hydrogens (tertiary/aromatic N) is 1. The van der Waals surface area contributed by atoms with Crippen LogP contribution in [0.4, 0.5) is 4.79 Å². The molecule has 0 radical (unpaired) electrons. The van der Waals surface area contributed by atoms with Gasteiger partial charge in [-0.25, -0.2) is 9.59 Å². The van der Waals surface area contributed by atoms with Crippen LogP contribution >= 0.6 is 11.3 Å². The van der Waals surface area contributed by atoms with Crippen molar-refractivity contribution in [3.05, 3.63) is 57.8 Å². The van der Waals surface area contributed by atoms with Crippen LogP contribution in [0.15, 0.2) is 41.8 Å². The van der Waals surface area contributed by atoms with Crippen LogP contribution in [0.5, 0.6) is 0 Å². The molecule has 0 aliphatic carbocycles. The zero-order valence-electron chi connectivity index (χ0n) is 13.5. The number of esters is 1. The predicted octanol–water partition coefficient (Wildman–Crippen LogP) is 2.72. The van der Waals surface area contributed by atoms with Crippen molar-refractivity contribution in [2.45, 2.75) is 18.7 Å². The molecule has 0 saturated carbocycles. The molecule has 0 bridgehead atoms. The Hall–Kier alpha value is -2.42. The van der Waals surface area contributed by atoms with Gasteiger partial charge in [0.15, 0.2) is 6.04 Å². The molecule has 7 nitrogen and oxygen atoms in total. The van der Waals surface area contributed by atoms with Crippen molar-refractivity contribution in [3.63, 3.8) is 0 Å². The molecule has 1 amide bonds. The largest absolute Gasteiger partial charge is 0.467 e. The van der Waals surface area contributed by atoms with Gasteiger partial charge in [-0.1, -0.05) is 30.3 Å². The maximum absolute atomic E-state index is 12.1. The number of nitrogens with one attached hydrogen (secondary N) is 1. The molecule has 2 aromatic rings. The molecule has 2 N–H and O–H groups in total. The van der Waals surface area contributed by atoms with E-state index in [1.165, 1.54) is 18.4 Å². The molecule has 0 saturated heterocycles. The van der Waals surface area contributed by atoms with Gasteiger partial charge in [0.05, 0.1) is 19.8 Å². The summed E-state index contributed by atoms with van der Waals surface area (Å²) in [4.78, 5) is 31.0. The zero-order valence-corrected chi connectivity index (χ0v) is 14.4. The Labute approximate surface area is 148 Å². The monoisotopic (exact) mass is 362 g/mol. The van der Waals surface area contributed by atoms with Crippen molar-refractivity contribution in [1.82, 2.24) is 10.4 Å². The van der Waals surface area contributed by atoms with Crippen molar-refractivity contribution in [1.29, 1.82) is 0 Å². The van der Waals surface area contributed by atoms with E-state index < -0.39 is 18.1 Å². The predicted molar refractivity (Wildman–Crippen MR) is 90.9 cm³/mol. The topological polar surface area (TPSA) is 88.1 Å². The molecule has 8 heteroatoms. The Morgan fingerprint density at radius 1 is 1.32 bits per heavy atom. The van der Waals surface area contributed by atoms with E-state index in [0.29, 0.717) is 11.5 Å². The Balaban J connectivity index is 1.76. The number of carbonyl (C=O) groups excluding carboxylic acids is 1. The molecule has 2 atom stereocenters. The highest BCUT2D eigenvalue weighted by atomic mass is 32.1. The summed E-state index contributed by atoms with van der Waals surface area (Å²) in [6, 6.07) is 10.2. The van der Waals surface area contributed by atoms with E-state index in [0.717, 1.165) is 16.0 Å². The summed E-state index contributed by atoms with van der Waals surface area (Å²) in [5, 5.41) is 11.3. The Morgan fingerprint density at radius 2 is 2.08 bits per heavy atom. The van der Waals surface area contributed by atoms with E-state index in [2.05, 4.69) is 5.48 Å². The lowest BCUT2D eigenvalue weighted by molar-refractivity contribution is -0.147. The van der Waals surface area contributed by atoms with Crippen molar-refractivity contribution in [3.8, 4) is 0 Å². The zero-order chi connectivity index (χ0) is 17.8. The number of rotatable bonds is 5. The van der Waals surface area contributed by atoms with Crippen LogP contribution < -0.4 is 5.48 Å². The number of fused-ring (bicyclic) bond motifs is 1. The molecule has 1 aromatic carbocycles. The number of thiophene rings is 1. The number of hydrogen-bond donors (Lipinski definition) is 2. The van der Waals surface area contributed by atoms with Gasteiger partial charge in [-0.2, -0.15) is 5.48 Å². The molecule has 3 rings (SSSR count). The highest BCUT2D eigenvalue weighted by molar-refractivity contribution is 7.10. The SMILES string of the molecule is COC(=O)C1c2sccc2C(NOCc2ccccc2)CN1C(=O)O. The molecule has 1 aromatic heterocycles. The van der Waals surface area contributed by atoms with Crippen LogP contribution in [-0.4, -0.2) is 35.7 Å². The van der Waals surface area contributed by atoms with Crippen LogP contribution in [-0.2, 0) is 21.0 Å². The summed E-state index contributed by atoms with van der Waals surface area (Å²) in [5.74, 6) is -0.588. The van der Waals surface area contributed by atoms with Gasteiger partial charge < -0.3 is 9.84 Å². The van der Waals surface area contributed by atoms with Crippen molar-refractivity contribution in [2.24, 2.45) is 0 Å². The summed E-state index contributed by atoms with van der Waals surface area (Å²) in [6.07, 6.45) is -1.18. The van der Waals surface area contributed by atoms with Gasteiger partial charge in [-0.15, -0.1) is 11.3 Å². The first-order valence-corrected chi connectivity index (χ1v) is 8.55. The Bertz CT molecular complexity index is 749. The van der Waals surface area contributed by atoms with E-state index in [1.807, 2.05) is 41.8 Å². The van der Waals surface area contributed by atoms with Crippen molar-refractivity contribution < 1.29 is 24.3 Å². The fourth-order valence-corrected chi connectivity index (χ4v) is 3.88. The number of amides is 1. The third kappa shape index (κ3) is 3.65. The minimum absolute atomic E-state index is 0.0909. The smallest absolute Gasteiger partial charge is 0.408 e. The summed E-state index contributed by atoms with van der Waals surface area (Å²) in [6.45, 7) is 0.442. The number of hydroxylamine groups is 1. The number of carboxylic acid groups (broad SMARTS) is 1. The first kappa shape index (κ1) is 17.4. The van der Waals surface area contributed by atoms with Crippen molar-refractivity contribution >= 4 is 23.4 Å². The van der Waals surface area contributed by atoms with Gasteiger partial charge in [0.25, 0.3) is 0 Å². The third-order valence-electron chi connectivity index (χ3n) is 4.02. The summed E-state index contributed by atoms with van der Waals surface area (Å²) in [5.41, 5.74) is 4.78. The number of benzene rings is 1. The second-order valence-corrected chi connectivity index (χ2v) is 6.49. The molecule has 2 unspecified atom stereocenters. The fraction of sp³-hybridized carbons (Fsp3) is 0.294. The van der Waals surface area contributed by atoms with Crippen LogP contribution in [0.3, 0.4) is 0 Å². The molecule has 0 fully saturated rings. The number of methoxy groups -OCH3 is 1. The van der Waals surface area contributed by atoms with E-state index in [9.17, 15) is 14.7 Å².